The van der Waals surface area contributed by atoms with E-state index in [1.54, 1.807) is 0 Å². The number of unbranched alkanes of at least 4 members (excludes halogenated alkanes) is 36. The van der Waals surface area contributed by atoms with E-state index in [4.69, 9.17) is 14.2 Å². The van der Waals surface area contributed by atoms with Crippen LogP contribution in [0.15, 0.2) is 60.8 Å². The van der Waals surface area contributed by atoms with E-state index in [2.05, 4.69) is 81.5 Å². The van der Waals surface area contributed by atoms with E-state index < -0.39 is 6.10 Å². The Morgan fingerprint density at radius 1 is 0.292 bits per heavy atom. The molecule has 6 nitrogen and oxygen atoms in total. The summed E-state index contributed by atoms with van der Waals surface area (Å²) in [5.74, 6) is -0.889. The Kier molecular flexibility index (Phi) is 58.2. The lowest BCUT2D eigenvalue weighted by Gasteiger charge is -2.18. The zero-order valence-corrected chi connectivity index (χ0v) is 47.9. The van der Waals surface area contributed by atoms with Gasteiger partial charge in [0, 0.05) is 19.3 Å². The first kappa shape index (κ1) is 69.1. The molecule has 0 aliphatic rings. The Bertz CT molecular complexity index is 1290. The quantitative estimate of drug-likeness (QED) is 0.0261. The minimum Gasteiger partial charge on any atom is -0.462 e. The van der Waals surface area contributed by atoms with E-state index in [0.29, 0.717) is 19.3 Å². The second-order valence-corrected chi connectivity index (χ2v) is 20.9. The van der Waals surface area contributed by atoms with Gasteiger partial charge in [0.2, 0.25) is 0 Å². The molecular weight excluding hydrogens is 889 g/mol. The number of allylic oxidation sites excluding steroid dienone is 10. The van der Waals surface area contributed by atoms with Crippen LogP contribution in [0.4, 0.5) is 0 Å². The number of carbonyl (C=O) groups excluding carboxylic acids is 3. The van der Waals surface area contributed by atoms with Crippen LogP contribution >= 0.6 is 0 Å². The molecule has 0 aromatic rings. The van der Waals surface area contributed by atoms with E-state index in [0.717, 1.165) is 109 Å². The summed E-state index contributed by atoms with van der Waals surface area (Å²) in [6, 6.07) is 0. The van der Waals surface area contributed by atoms with Crippen LogP contribution in [0.2, 0.25) is 0 Å². The zero-order chi connectivity index (χ0) is 52.2. The van der Waals surface area contributed by atoms with E-state index in [9.17, 15) is 14.4 Å². The van der Waals surface area contributed by atoms with Crippen molar-refractivity contribution in [3.63, 3.8) is 0 Å². The highest BCUT2D eigenvalue weighted by atomic mass is 16.6. The van der Waals surface area contributed by atoms with Gasteiger partial charge in [0.25, 0.3) is 0 Å². The molecule has 0 fully saturated rings. The van der Waals surface area contributed by atoms with Crippen molar-refractivity contribution in [2.45, 2.75) is 329 Å². The third kappa shape index (κ3) is 58.0. The molecule has 0 heterocycles. The highest BCUT2D eigenvalue weighted by Crippen LogP contribution is 2.17. The van der Waals surface area contributed by atoms with Crippen molar-refractivity contribution in [1.82, 2.24) is 0 Å². The molecule has 0 aliphatic heterocycles. The maximum atomic E-state index is 12.9. The monoisotopic (exact) mass is 1010 g/mol. The summed E-state index contributed by atoms with van der Waals surface area (Å²) in [5, 5.41) is 0. The van der Waals surface area contributed by atoms with Crippen LogP contribution in [-0.2, 0) is 28.6 Å². The minimum atomic E-state index is -0.784. The van der Waals surface area contributed by atoms with Gasteiger partial charge >= 0.3 is 17.9 Å². The normalized spacial score (nSPS) is 12.4. The van der Waals surface area contributed by atoms with Gasteiger partial charge in [0.05, 0.1) is 0 Å². The predicted molar refractivity (Wildman–Crippen MR) is 312 cm³/mol. The highest BCUT2D eigenvalue weighted by molar-refractivity contribution is 5.71. The second-order valence-electron chi connectivity index (χ2n) is 20.9. The van der Waals surface area contributed by atoms with Crippen LogP contribution in [0, 0.1) is 0 Å². The first-order valence-electron chi connectivity index (χ1n) is 31.3. The van der Waals surface area contributed by atoms with Gasteiger partial charge in [0.15, 0.2) is 6.10 Å². The third-order valence-electron chi connectivity index (χ3n) is 13.7. The number of carbonyl (C=O) groups is 3. The number of hydrogen-bond donors (Lipinski definition) is 0. The third-order valence-corrected chi connectivity index (χ3v) is 13.7. The molecule has 1 atom stereocenters. The number of hydrogen-bond acceptors (Lipinski definition) is 6. The SMILES string of the molecule is CC/C=C\C/C=C\C/C=C\CCCCCCCCCC(=O)OC(COC(=O)CCCCCCC/C=C\C/C=C\CCC)COC(=O)CCCCCCCCCCCCCCCCCCCCCCCCCC. The predicted octanol–water partition coefficient (Wildman–Crippen LogP) is 21.2. The molecule has 0 radical (unpaired) electrons. The average molecular weight is 1010 g/mol. The van der Waals surface area contributed by atoms with Crippen molar-refractivity contribution in [2.75, 3.05) is 13.2 Å². The summed E-state index contributed by atoms with van der Waals surface area (Å²) in [4.78, 5) is 38.2. The average Bonchev–Trinajstić information content (AvgIpc) is 3.38. The van der Waals surface area contributed by atoms with Crippen LogP contribution in [0.1, 0.15) is 323 Å². The Labute approximate surface area is 447 Å². The molecule has 0 aromatic heterocycles. The van der Waals surface area contributed by atoms with Gasteiger partial charge in [0.1, 0.15) is 13.2 Å². The Hall–Kier alpha value is -2.89. The lowest BCUT2D eigenvalue weighted by molar-refractivity contribution is -0.167. The van der Waals surface area contributed by atoms with E-state index in [1.165, 1.54) is 173 Å². The Morgan fingerprint density at radius 3 is 0.903 bits per heavy atom. The maximum absolute atomic E-state index is 12.9. The van der Waals surface area contributed by atoms with Crippen molar-refractivity contribution in [3.05, 3.63) is 60.8 Å². The first-order valence-corrected chi connectivity index (χ1v) is 31.3. The molecule has 0 saturated heterocycles. The van der Waals surface area contributed by atoms with Crippen molar-refractivity contribution >= 4 is 17.9 Å². The second kappa shape index (κ2) is 60.7. The highest BCUT2D eigenvalue weighted by Gasteiger charge is 2.19. The summed E-state index contributed by atoms with van der Waals surface area (Å²) in [5.41, 5.74) is 0. The van der Waals surface area contributed by atoms with Crippen LogP contribution in [0.25, 0.3) is 0 Å². The molecule has 0 rings (SSSR count). The van der Waals surface area contributed by atoms with Gasteiger partial charge in [-0.2, -0.15) is 0 Å². The van der Waals surface area contributed by atoms with Crippen molar-refractivity contribution in [2.24, 2.45) is 0 Å². The summed E-state index contributed by atoms with van der Waals surface area (Å²) in [7, 11) is 0. The van der Waals surface area contributed by atoms with Gasteiger partial charge in [-0.25, -0.2) is 0 Å². The van der Waals surface area contributed by atoms with Crippen LogP contribution in [0.3, 0.4) is 0 Å². The lowest BCUT2D eigenvalue weighted by atomic mass is 10.0. The van der Waals surface area contributed by atoms with Crippen molar-refractivity contribution < 1.29 is 28.6 Å². The van der Waals surface area contributed by atoms with Crippen molar-refractivity contribution in [3.8, 4) is 0 Å². The van der Waals surface area contributed by atoms with Gasteiger partial charge < -0.3 is 14.2 Å². The van der Waals surface area contributed by atoms with Crippen molar-refractivity contribution in [1.29, 1.82) is 0 Å². The minimum absolute atomic E-state index is 0.0801. The molecule has 1 unspecified atom stereocenters. The molecule has 418 valence electrons. The first-order chi connectivity index (χ1) is 35.5. The molecule has 0 spiro atoms. The lowest BCUT2D eigenvalue weighted by Crippen LogP contribution is -2.30. The fourth-order valence-corrected chi connectivity index (χ4v) is 9.09. The van der Waals surface area contributed by atoms with Crippen LogP contribution < -0.4 is 0 Å². The molecule has 72 heavy (non-hydrogen) atoms. The van der Waals surface area contributed by atoms with E-state index in [1.807, 2.05) is 0 Å². The molecule has 0 amide bonds. The maximum Gasteiger partial charge on any atom is 0.306 e. The zero-order valence-electron chi connectivity index (χ0n) is 47.9. The molecule has 0 bridgehead atoms. The number of rotatable bonds is 57. The summed E-state index contributed by atoms with van der Waals surface area (Å²) >= 11 is 0. The van der Waals surface area contributed by atoms with Crippen LogP contribution in [-0.4, -0.2) is 37.2 Å². The molecule has 0 aliphatic carbocycles. The number of ether oxygens (including phenoxy) is 3. The van der Waals surface area contributed by atoms with Gasteiger partial charge in [-0.1, -0.05) is 287 Å². The largest absolute Gasteiger partial charge is 0.462 e. The summed E-state index contributed by atoms with van der Waals surface area (Å²) in [6.07, 6.45) is 76.6. The smallest absolute Gasteiger partial charge is 0.306 e. The standard InChI is InChI=1S/C66H118O6/c1-4-7-10-13-16-19-22-25-27-29-30-31-32-33-34-35-37-38-41-44-47-50-53-56-59-65(68)71-62-63(61-70-64(67)58-55-52-49-46-43-40-24-21-18-15-12-9-6-3)72-66(69)60-57-54-51-48-45-42-39-36-28-26-23-20-17-14-11-8-5-2/h8,11-12,15,17,20-21,24,26,28,63H,4-7,9-10,13-14,16,18-19,22-23,25,27,29-62H2,1-3H3/b11-8-,15-12-,20-17-,24-21-,28-26-. The van der Waals surface area contributed by atoms with Gasteiger partial charge in [-0.15, -0.1) is 0 Å². The van der Waals surface area contributed by atoms with Gasteiger partial charge in [-0.05, 0) is 77.0 Å². The Morgan fingerprint density at radius 2 is 0.569 bits per heavy atom. The fraction of sp³-hybridized carbons (Fsp3) is 0.803. The Balaban J connectivity index is 4.27. The van der Waals surface area contributed by atoms with E-state index in [-0.39, 0.29) is 31.1 Å². The molecule has 0 N–H and O–H groups in total. The van der Waals surface area contributed by atoms with E-state index >= 15 is 0 Å². The summed E-state index contributed by atoms with van der Waals surface area (Å²) < 4.78 is 16.9. The van der Waals surface area contributed by atoms with Crippen LogP contribution in [0.5, 0.6) is 0 Å². The molecule has 6 heteroatoms. The topological polar surface area (TPSA) is 78.9 Å². The molecule has 0 saturated carbocycles. The summed E-state index contributed by atoms with van der Waals surface area (Å²) in [6.45, 7) is 6.49. The molecular formula is C66H118O6. The number of esters is 3. The molecule has 0 aromatic carbocycles. The van der Waals surface area contributed by atoms with Gasteiger partial charge in [-0.3, -0.25) is 14.4 Å². The fourth-order valence-electron chi connectivity index (χ4n) is 9.09.